The van der Waals surface area contributed by atoms with Crippen molar-refractivity contribution < 1.29 is 9.53 Å². The number of aromatic nitrogens is 1. The molecule has 0 N–H and O–H groups in total. The van der Waals surface area contributed by atoms with E-state index < -0.39 is 0 Å². The van der Waals surface area contributed by atoms with Crippen molar-refractivity contribution >= 4 is 17.2 Å². The summed E-state index contributed by atoms with van der Waals surface area (Å²) in [7, 11) is 0. The van der Waals surface area contributed by atoms with Crippen LogP contribution in [0.3, 0.4) is 0 Å². The molecule has 1 amide bonds. The van der Waals surface area contributed by atoms with E-state index in [4.69, 9.17) is 4.74 Å². The summed E-state index contributed by atoms with van der Waals surface area (Å²) in [5, 5.41) is 3.35. The summed E-state index contributed by atoms with van der Waals surface area (Å²) >= 11 is 1.75. The first-order chi connectivity index (χ1) is 12.7. The number of rotatable bonds is 8. The predicted molar refractivity (Wildman–Crippen MR) is 106 cm³/mol. The molecule has 1 aliphatic heterocycles. The van der Waals surface area contributed by atoms with Crippen molar-refractivity contribution in [1.82, 2.24) is 9.88 Å². The number of nitrogens with zero attached hydrogens (tertiary/aromatic N) is 2. The Morgan fingerprint density at radius 2 is 2.00 bits per heavy atom. The van der Waals surface area contributed by atoms with Crippen molar-refractivity contribution in [3.63, 3.8) is 0 Å². The molecule has 2 heterocycles. The van der Waals surface area contributed by atoms with Gasteiger partial charge in [0.25, 0.3) is 0 Å². The molecule has 1 aliphatic rings. The van der Waals surface area contributed by atoms with Gasteiger partial charge in [0.2, 0.25) is 5.91 Å². The van der Waals surface area contributed by atoms with Crippen LogP contribution < -0.4 is 0 Å². The van der Waals surface area contributed by atoms with E-state index in [0.717, 1.165) is 51.1 Å². The molecule has 1 aromatic carbocycles. The second kappa shape index (κ2) is 9.83. The van der Waals surface area contributed by atoms with Gasteiger partial charge in [-0.15, -0.1) is 11.3 Å². The van der Waals surface area contributed by atoms with Crippen molar-refractivity contribution in [3.8, 4) is 0 Å². The van der Waals surface area contributed by atoms with E-state index in [1.807, 2.05) is 30.0 Å². The molecule has 1 fully saturated rings. The lowest BCUT2D eigenvalue weighted by atomic mass is 9.97. The monoisotopic (exact) mass is 372 g/mol. The Balaban J connectivity index is 1.27. The number of carbonyl (C=O) groups is 1. The summed E-state index contributed by atoms with van der Waals surface area (Å²) in [5.41, 5.74) is 2.40. The summed E-state index contributed by atoms with van der Waals surface area (Å²) in [6.07, 6.45) is 4.39. The summed E-state index contributed by atoms with van der Waals surface area (Å²) in [6, 6.07) is 10.4. The van der Waals surface area contributed by atoms with Crippen LogP contribution in [0, 0.1) is 6.92 Å². The lowest BCUT2D eigenvalue weighted by Crippen LogP contribution is -2.37. The average molecular weight is 373 g/mol. The number of hydrogen-bond acceptors (Lipinski definition) is 4. The number of amides is 1. The Bertz CT molecular complexity index is 678. The predicted octanol–water partition coefficient (Wildman–Crippen LogP) is 4.20. The molecular formula is C21H28N2O2S. The van der Waals surface area contributed by atoms with Gasteiger partial charge >= 0.3 is 0 Å². The van der Waals surface area contributed by atoms with Crippen LogP contribution in [0.25, 0.3) is 0 Å². The number of piperidine rings is 1. The summed E-state index contributed by atoms with van der Waals surface area (Å²) < 4.78 is 5.67. The zero-order valence-electron chi connectivity index (χ0n) is 15.5. The lowest BCUT2D eigenvalue weighted by molar-refractivity contribution is -0.132. The molecule has 0 aliphatic carbocycles. The molecule has 0 atom stereocenters. The first-order valence-electron chi connectivity index (χ1n) is 9.54. The van der Waals surface area contributed by atoms with Crippen molar-refractivity contribution in [3.05, 3.63) is 52.0 Å². The normalized spacial score (nSPS) is 15.3. The molecule has 1 aromatic heterocycles. The van der Waals surface area contributed by atoms with E-state index in [0.29, 0.717) is 18.9 Å². The maximum Gasteiger partial charge on any atom is 0.222 e. The van der Waals surface area contributed by atoms with Crippen LogP contribution in [0.5, 0.6) is 0 Å². The number of likely N-dealkylation sites (tertiary alicyclic amines) is 1. The Morgan fingerprint density at radius 1 is 1.23 bits per heavy atom. The van der Waals surface area contributed by atoms with Gasteiger partial charge in [-0.05, 0) is 38.2 Å². The number of ether oxygens (including phenoxy) is 1. The smallest absolute Gasteiger partial charge is 0.222 e. The van der Waals surface area contributed by atoms with Gasteiger partial charge in [-0.3, -0.25) is 4.79 Å². The van der Waals surface area contributed by atoms with Gasteiger partial charge in [0.15, 0.2) is 0 Å². The number of benzene rings is 1. The maximum atomic E-state index is 12.4. The molecule has 2 aromatic rings. The largest absolute Gasteiger partial charge is 0.381 e. The fourth-order valence-corrected chi connectivity index (χ4v) is 4.32. The van der Waals surface area contributed by atoms with Crippen LogP contribution in [0.2, 0.25) is 0 Å². The second-order valence-electron chi connectivity index (χ2n) is 6.93. The van der Waals surface area contributed by atoms with Crippen LogP contribution in [0.1, 0.15) is 47.9 Å². The summed E-state index contributed by atoms with van der Waals surface area (Å²) in [5.74, 6) is 0.796. The van der Waals surface area contributed by atoms with E-state index in [2.05, 4.69) is 22.5 Å². The molecule has 140 valence electrons. The molecule has 4 nitrogen and oxygen atoms in total. The molecule has 1 saturated heterocycles. The van der Waals surface area contributed by atoms with Gasteiger partial charge in [0.1, 0.15) is 0 Å². The van der Waals surface area contributed by atoms with E-state index in [-0.39, 0.29) is 5.91 Å². The van der Waals surface area contributed by atoms with Crippen molar-refractivity contribution in [2.24, 2.45) is 0 Å². The average Bonchev–Trinajstić information content (AvgIpc) is 3.12. The first-order valence-corrected chi connectivity index (χ1v) is 10.4. The third kappa shape index (κ3) is 5.64. The zero-order chi connectivity index (χ0) is 18.2. The van der Waals surface area contributed by atoms with Crippen LogP contribution in [-0.4, -0.2) is 42.1 Å². The van der Waals surface area contributed by atoms with Gasteiger partial charge in [0.05, 0.1) is 11.6 Å². The third-order valence-electron chi connectivity index (χ3n) is 4.89. The second-order valence-corrected chi connectivity index (χ2v) is 7.82. The maximum absolute atomic E-state index is 12.4. The topological polar surface area (TPSA) is 42.4 Å². The highest BCUT2D eigenvalue weighted by atomic mass is 32.1. The Morgan fingerprint density at radius 3 is 2.69 bits per heavy atom. The summed E-state index contributed by atoms with van der Waals surface area (Å²) in [4.78, 5) is 19.0. The molecule has 0 bridgehead atoms. The fourth-order valence-electron chi connectivity index (χ4n) is 3.36. The quantitative estimate of drug-likeness (QED) is 0.652. The van der Waals surface area contributed by atoms with E-state index >= 15 is 0 Å². The van der Waals surface area contributed by atoms with E-state index in [1.165, 1.54) is 10.6 Å². The Kier molecular flexibility index (Phi) is 7.21. The number of hydrogen-bond donors (Lipinski definition) is 0. The number of aryl methyl sites for hydroxylation is 1. The standard InChI is InChI=1S/C21H28N2O2S/c1-17-16-26-21(22-17)19-9-12-23(13-10-19)20(24)8-5-14-25-15-11-18-6-3-2-4-7-18/h2-4,6-7,16,19H,5,8-15H2,1H3. The van der Waals surface area contributed by atoms with Crippen molar-refractivity contribution in [2.75, 3.05) is 26.3 Å². The van der Waals surface area contributed by atoms with Gasteiger partial charge < -0.3 is 9.64 Å². The Labute approximate surface area is 160 Å². The summed E-state index contributed by atoms with van der Waals surface area (Å²) in [6.45, 7) is 5.14. The van der Waals surface area contributed by atoms with E-state index in [9.17, 15) is 4.79 Å². The van der Waals surface area contributed by atoms with Gasteiger partial charge in [0, 0.05) is 43.1 Å². The van der Waals surface area contributed by atoms with Crippen LogP contribution in [0.15, 0.2) is 35.7 Å². The highest BCUT2D eigenvalue weighted by Crippen LogP contribution is 2.30. The lowest BCUT2D eigenvalue weighted by Gasteiger charge is -2.31. The SMILES string of the molecule is Cc1csc(C2CCN(C(=O)CCCOCCc3ccccc3)CC2)n1. The van der Waals surface area contributed by atoms with Crippen LogP contribution in [-0.2, 0) is 16.0 Å². The van der Waals surface area contributed by atoms with Gasteiger partial charge in [-0.25, -0.2) is 4.98 Å². The number of thiazole rings is 1. The van der Waals surface area contributed by atoms with Gasteiger partial charge in [-0.1, -0.05) is 30.3 Å². The van der Waals surface area contributed by atoms with Crippen LogP contribution >= 0.6 is 11.3 Å². The molecule has 0 saturated carbocycles. The van der Waals surface area contributed by atoms with Crippen LogP contribution in [0.4, 0.5) is 0 Å². The minimum absolute atomic E-state index is 0.269. The van der Waals surface area contributed by atoms with Crippen molar-refractivity contribution in [1.29, 1.82) is 0 Å². The number of carbonyl (C=O) groups excluding carboxylic acids is 1. The fraction of sp³-hybridized carbons (Fsp3) is 0.524. The highest BCUT2D eigenvalue weighted by molar-refractivity contribution is 7.09. The zero-order valence-corrected chi connectivity index (χ0v) is 16.3. The van der Waals surface area contributed by atoms with Crippen molar-refractivity contribution in [2.45, 2.75) is 44.9 Å². The molecule has 0 unspecified atom stereocenters. The molecular weight excluding hydrogens is 344 g/mol. The highest BCUT2D eigenvalue weighted by Gasteiger charge is 2.25. The Hall–Kier alpha value is -1.72. The third-order valence-corrected chi connectivity index (χ3v) is 6.02. The molecule has 3 rings (SSSR count). The van der Waals surface area contributed by atoms with Gasteiger partial charge in [-0.2, -0.15) is 0 Å². The molecule has 0 spiro atoms. The van der Waals surface area contributed by atoms with E-state index in [1.54, 1.807) is 11.3 Å². The molecule has 26 heavy (non-hydrogen) atoms. The molecule has 5 heteroatoms. The molecule has 0 radical (unpaired) electrons. The first kappa shape index (κ1) is 19.1. The minimum atomic E-state index is 0.269. The minimum Gasteiger partial charge on any atom is -0.381 e.